The molecule has 15 heavy (non-hydrogen) atoms. The molecule has 0 amide bonds. The highest BCUT2D eigenvalue weighted by Gasteiger charge is 2.10. The lowest BCUT2D eigenvalue weighted by molar-refractivity contribution is 0.309. The fraction of sp³-hybridized carbons (Fsp3) is 0.364. The van der Waals surface area contributed by atoms with Gasteiger partial charge >= 0.3 is 0 Å². The Morgan fingerprint density at radius 1 is 1.47 bits per heavy atom. The van der Waals surface area contributed by atoms with Gasteiger partial charge in [-0.1, -0.05) is 24.4 Å². The summed E-state index contributed by atoms with van der Waals surface area (Å²) in [6.45, 7) is 2.53. The van der Waals surface area contributed by atoms with E-state index in [0.717, 1.165) is 11.3 Å². The van der Waals surface area contributed by atoms with Crippen molar-refractivity contribution in [2.45, 2.75) is 13.3 Å². The van der Waals surface area contributed by atoms with Crippen LogP contribution in [0.5, 0.6) is 11.5 Å². The second-order valence-corrected chi connectivity index (χ2v) is 3.55. The van der Waals surface area contributed by atoms with Crippen molar-refractivity contribution < 1.29 is 9.47 Å². The van der Waals surface area contributed by atoms with Crippen molar-refractivity contribution in [1.82, 2.24) is 0 Å². The first-order valence-corrected chi connectivity index (χ1v) is 5.16. The van der Waals surface area contributed by atoms with E-state index in [1.807, 2.05) is 25.1 Å². The van der Waals surface area contributed by atoms with Gasteiger partial charge in [0.25, 0.3) is 0 Å². The van der Waals surface area contributed by atoms with Crippen LogP contribution in [0.3, 0.4) is 0 Å². The first-order chi connectivity index (χ1) is 7.19. The molecule has 0 aliphatic heterocycles. The van der Waals surface area contributed by atoms with Crippen molar-refractivity contribution in [1.29, 1.82) is 0 Å². The number of nitrogens with two attached hydrogens (primary N) is 1. The van der Waals surface area contributed by atoms with Crippen LogP contribution in [0.15, 0.2) is 18.2 Å². The molecule has 0 atom stereocenters. The first-order valence-electron chi connectivity index (χ1n) is 4.76. The Morgan fingerprint density at radius 3 is 2.73 bits per heavy atom. The average Bonchev–Trinajstić information content (AvgIpc) is 2.18. The predicted molar refractivity (Wildman–Crippen MR) is 64.7 cm³/mol. The van der Waals surface area contributed by atoms with Gasteiger partial charge in [0.2, 0.25) is 0 Å². The van der Waals surface area contributed by atoms with E-state index in [9.17, 15) is 0 Å². The lowest BCUT2D eigenvalue weighted by Gasteiger charge is -2.12. The molecule has 0 aliphatic rings. The molecule has 0 bridgehead atoms. The van der Waals surface area contributed by atoms with E-state index in [2.05, 4.69) is 0 Å². The van der Waals surface area contributed by atoms with Gasteiger partial charge in [0.1, 0.15) is 0 Å². The van der Waals surface area contributed by atoms with Gasteiger partial charge in [-0.15, -0.1) is 0 Å². The van der Waals surface area contributed by atoms with E-state index in [1.165, 1.54) is 0 Å². The summed E-state index contributed by atoms with van der Waals surface area (Å²) in [6.07, 6.45) is 0.527. The van der Waals surface area contributed by atoms with Crippen LogP contribution in [0.4, 0.5) is 0 Å². The maximum Gasteiger partial charge on any atom is 0.164 e. The van der Waals surface area contributed by atoms with Crippen LogP contribution in [0.1, 0.15) is 12.5 Å². The molecular weight excluding hydrogens is 210 g/mol. The van der Waals surface area contributed by atoms with Crippen molar-refractivity contribution in [3.05, 3.63) is 23.8 Å². The molecule has 0 saturated heterocycles. The molecule has 0 spiro atoms. The van der Waals surface area contributed by atoms with Crippen molar-refractivity contribution in [2.24, 2.45) is 5.73 Å². The Kier molecular flexibility index (Phi) is 4.37. The Bertz CT molecular complexity index is 352. The van der Waals surface area contributed by atoms with Crippen molar-refractivity contribution >= 4 is 17.2 Å². The zero-order valence-electron chi connectivity index (χ0n) is 8.95. The molecule has 0 heterocycles. The number of hydrogen-bond acceptors (Lipinski definition) is 3. The van der Waals surface area contributed by atoms with Gasteiger partial charge in [-0.2, -0.15) is 0 Å². The van der Waals surface area contributed by atoms with E-state index >= 15 is 0 Å². The quantitative estimate of drug-likeness (QED) is 0.778. The molecule has 3 nitrogen and oxygen atoms in total. The standard InChI is InChI=1S/C11H15NO2S/c1-3-14-9-6-4-5-8(7-10(12)15)11(9)13-2/h4-6H,3,7H2,1-2H3,(H2,12,15). The molecule has 2 N–H and O–H groups in total. The minimum absolute atomic E-state index is 0.446. The third kappa shape index (κ3) is 3.09. The summed E-state index contributed by atoms with van der Waals surface area (Å²) in [5.41, 5.74) is 6.46. The molecule has 0 aromatic heterocycles. The lowest BCUT2D eigenvalue weighted by Crippen LogP contribution is -2.12. The van der Waals surface area contributed by atoms with E-state index in [1.54, 1.807) is 7.11 Å². The maximum absolute atomic E-state index is 5.51. The summed E-state index contributed by atoms with van der Waals surface area (Å²) in [6, 6.07) is 5.70. The molecule has 0 radical (unpaired) electrons. The minimum atomic E-state index is 0.446. The number of para-hydroxylation sites is 1. The number of hydrogen-bond donors (Lipinski definition) is 1. The van der Waals surface area contributed by atoms with Gasteiger partial charge in [0, 0.05) is 12.0 Å². The second-order valence-electron chi connectivity index (χ2n) is 3.02. The Morgan fingerprint density at radius 2 is 2.20 bits per heavy atom. The molecule has 0 fully saturated rings. The van der Waals surface area contributed by atoms with Crippen LogP contribution in [0.2, 0.25) is 0 Å². The predicted octanol–water partition coefficient (Wildman–Crippen LogP) is 1.92. The van der Waals surface area contributed by atoms with Crippen LogP contribution in [-0.4, -0.2) is 18.7 Å². The first kappa shape index (κ1) is 11.8. The molecule has 1 aromatic rings. The highest BCUT2D eigenvalue weighted by molar-refractivity contribution is 7.80. The van der Waals surface area contributed by atoms with Crippen LogP contribution in [0, 0.1) is 0 Å². The SMILES string of the molecule is CCOc1cccc(CC(N)=S)c1OC. The largest absolute Gasteiger partial charge is 0.493 e. The normalized spacial score (nSPS) is 9.73. The Labute approximate surface area is 95.2 Å². The van der Waals surface area contributed by atoms with E-state index in [4.69, 9.17) is 27.4 Å². The summed E-state index contributed by atoms with van der Waals surface area (Å²) in [7, 11) is 1.61. The van der Waals surface area contributed by atoms with Crippen LogP contribution < -0.4 is 15.2 Å². The van der Waals surface area contributed by atoms with Crippen molar-refractivity contribution in [2.75, 3.05) is 13.7 Å². The molecular formula is C11H15NO2S. The maximum atomic E-state index is 5.51. The zero-order valence-corrected chi connectivity index (χ0v) is 9.76. The van der Waals surface area contributed by atoms with E-state index in [0.29, 0.717) is 23.8 Å². The molecule has 1 aromatic carbocycles. The molecule has 82 valence electrons. The fourth-order valence-electron chi connectivity index (χ4n) is 1.39. The summed E-state index contributed by atoms with van der Waals surface area (Å²) in [5.74, 6) is 1.45. The average molecular weight is 225 g/mol. The summed E-state index contributed by atoms with van der Waals surface area (Å²) in [5, 5.41) is 0. The molecule has 4 heteroatoms. The van der Waals surface area contributed by atoms with E-state index in [-0.39, 0.29) is 0 Å². The second kappa shape index (κ2) is 5.56. The van der Waals surface area contributed by atoms with Gasteiger partial charge in [-0.05, 0) is 13.0 Å². The molecule has 1 rings (SSSR count). The number of ether oxygens (including phenoxy) is 2. The van der Waals surface area contributed by atoms with Gasteiger partial charge in [0.05, 0.1) is 18.7 Å². The number of methoxy groups -OCH3 is 1. The number of benzene rings is 1. The molecule has 0 saturated carbocycles. The Balaban J connectivity index is 3.04. The topological polar surface area (TPSA) is 44.5 Å². The van der Waals surface area contributed by atoms with Gasteiger partial charge in [-0.3, -0.25) is 0 Å². The van der Waals surface area contributed by atoms with Gasteiger partial charge < -0.3 is 15.2 Å². The summed E-state index contributed by atoms with van der Waals surface area (Å²) >= 11 is 4.87. The van der Waals surface area contributed by atoms with E-state index < -0.39 is 0 Å². The molecule has 0 unspecified atom stereocenters. The van der Waals surface area contributed by atoms with Crippen LogP contribution >= 0.6 is 12.2 Å². The van der Waals surface area contributed by atoms with Crippen molar-refractivity contribution in [3.8, 4) is 11.5 Å². The molecule has 0 aliphatic carbocycles. The van der Waals surface area contributed by atoms with Gasteiger partial charge in [0.15, 0.2) is 11.5 Å². The lowest BCUT2D eigenvalue weighted by atomic mass is 10.1. The van der Waals surface area contributed by atoms with Crippen LogP contribution in [0.25, 0.3) is 0 Å². The monoisotopic (exact) mass is 225 g/mol. The van der Waals surface area contributed by atoms with Crippen molar-refractivity contribution in [3.63, 3.8) is 0 Å². The fourth-order valence-corrected chi connectivity index (χ4v) is 1.54. The third-order valence-corrected chi connectivity index (χ3v) is 2.07. The summed E-state index contributed by atoms with van der Waals surface area (Å²) in [4.78, 5) is 0.446. The highest BCUT2D eigenvalue weighted by Crippen LogP contribution is 2.31. The smallest absolute Gasteiger partial charge is 0.164 e. The third-order valence-electron chi connectivity index (χ3n) is 1.93. The summed E-state index contributed by atoms with van der Waals surface area (Å²) < 4.78 is 10.7. The highest BCUT2D eigenvalue weighted by atomic mass is 32.1. The zero-order chi connectivity index (χ0) is 11.3. The number of thiocarbonyl (C=S) groups is 1. The van der Waals surface area contributed by atoms with Gasteiger partial charge in [-0.25, -0.2) is 0 Å². The van der Waals surface area contributed by atoms with Crippen LogP contribution in [-0.2, 0) is 6.42 Å². The number of rotatable bonds is 5. The minimum Gasteiger partial charge on any atom is -0.493 e. The Hall–Kier alpha value is -1.29.